The maximum Gasteiger partial charge on any atom is 0.411 e. The third-order valence-corrected chi connectivity index (χ3v) is 4.46. The highest BCUT2D eigenvalue weighted by molar-refractivity contribution is 5.82. The monoisotopic (exact) mass is 339 g/mol. The standard InChI is InChI=1S/C20H21NO4/c1-24-19(22)18-13-12-17(16-10-6-3-7-11-16)21(18)20(23)25-14-15-8-4-2-5-9-15/h2-11,17-18H,12-14H2,1H3/t17-,18+/m1/s1. The number of hydrogen-bond donors (Lipinski definition) is 0. The Kier molecular flexibility index (Phi) is 5.33. The lowest BCUT2D eigenvalue weighted by Gasteiger charge is -2.28. The summed E-state index contributed by atoms with van der Waals surface area (Å²) < 4.78 is 10.3. The van der Waals surface area contributed by atoms with Crippen LogP contribution in [0.5, 0.6) is 0 Å². The van der Waals surface area contributed by atoms with Crippen LogP contribution in [-0.2, 0) is 20.9 Å². The Morgan fingerprint density at radius 2 is 1.64 bits per heavy atom. The van der Waals surface area contributed by atoms with Crippen LogP contribution in [-0.4, -0.2) is 30.1 Å². The Hall–Kier alpha value is -2.82. The topological polar surface area (TPSA) is 55.8 Å². The van der Waals surface area contributed by atoms with Crippen molar-refractivity contribution in [1.82, 2.24) is 4.90 Å². The van der Waals surface area contributed by atoms with E-state index >= 15 is 0 Å². The largest absolute Gasteiger partial charge is 0.467 e. The Morgan fingerprint density at radius 3 is 2.28 bits per heavy atom. The maximum atomic E-state index is 12.7. The summed E-state index contributed by atoms with van der Waals surface area (Å²) in [6.07, 6.45) is 0.766. The number of amides is 1. The lowest BCUT2D eigenvalue weighted by atomic mass is 10.1. The van der Waals surface area contributed by atoms with E-state index in [1.165, 1.54) is 12.0 Å². The molecular weight excluding hydrogens is 318 g/mol. The first-order chi connectivity index (χ1) is 12.2. The summed E-state index contributed by atoms with van der Waals surface area (Å²) in [6, 6.07) is 18.4. The molecule has 2 aromatic carbocycles. The number of methoxy groups -OCH3 is 1. The number of carbonyl (C=O) groups is 2. The molecule has 5 nitrogen and oxygen atoms in total. The summed E-state index contributed by atoms with van der Waals surface area (Å²) >= 11 is 0. The van der Waals surface area contributed by atoms with Crippen molar-refractivity contribution in [3.05, 3.63) is 71.8 Å². The molecule has 1 fully saturated rings. The van der Waals surface area contributed by atoms with Crippen LogP contribution in [0.15, 0.2) is 60.7 Å². The van der Waals surface area contributed by atoms with E-state index in [-0.39, 0.29) is 12.6 Å². The highest BCUT2D eigenvalue weighted by Gasteiger charge is 2.43. The second kappa shape index (κ2) is 7.83. The van der Waals surface area contributed by atoms with Gasteiger partial charge in [-0.05, 0) is 24.0 Å². The zero-order valence-electron chi connectivity index (χ0n) is 14.1. The van der Waals surface area contributed by atoms with Gasteiger partial charge in [-0.1, -0.05) is 60.7 Å². The van der Waals surface area contributed by atoms with Gasteiger partial charge in [0.15, 0.2) is 0 Å². The summed E-state index contributed by atoms with van der Waals surface area (Å²) in [6.45, 7) is 0.172. The molecule has 0 aromatic heterocycles. The molecule has 1 aliphatic rings. The molecule has 1 saturated heterocycles. The average Bonchev–Trinajstić information content (AvgIpc) is 3.12. The van der Waals surface area contributed by atoms with Gasteiger partial charge >= 0.3 is 12.1 Å². The van der Waals surface area contributed by atoms with E-state index in [1.807, 2.05) is 60.7 Å². The molecule has 25 heavy (non-hydrogen) atoms. The molecule has 0 bridgehead atoms. The van der Waals surface area contributed by atoms with Crippen LogP contribution < -0.4 is 0 Å². The SMILES string of the molecule is COC(=O)[C@@H]1CC[C@H](c2ccccc2)N1C(=O)OCc1ccccc1. The number of ether oxygens (including phenoxy) is 2. The molecule has 0 spiro atoms. The fourth-order valence-corrected chi connectivity index (χ4v) is 3.23. The molecule has 0 saturated carbocycles. The Morgan fingerprint density at radius 1 is 1.00 bits per heavy atom. The molecule has 130 valence electrons. The van der Waals surface area contributed by atoms with Crippen LogP contribution >= 0.6 is 0 Å². The molecule has 0 radical (unpaired) electrons. The van der Waals surface area contributed by atoms with Crippen molar-refractivity contribution in [2.24, 2.45) is 0 Å². The van der Waals surface area contributed by atoms with Crippen LogP contribution in [0.25, 0.3) is 0 Å². The predicted molar refractivity (Wildman–Crippen MR) is 92.7 cm³/mol. The van der Waals surface area contributed by atoms with Crippen LogP contribution in [0.1, 0.15) is 30.0 Å². The molecule has 2 atom stereocenters. The lowest BCUT2D eigenvalue weighted by molar-refractivity contribution is -0.145. The number of likely N-dealkylation sites (tertiary alicyclic amines) is 1. The first-order valence-electron chi connectivity index (χ1n) is 8.32. The molecule has 1 heterocycles. The van der Waals surface area contributed by atoms with Gasteiger partial charge in [-0.25, -0.2) is 9.59 Å². The van der Waals surface area contributed by atoms with Gasteiger partial charge in [-0.3, -0.25) is 4.90 Å². The number of nitrogens with zero attached hydrogens (tertiary/aromatic N) is 1. The molecule has 0 N–H and O–H groups in total. The summed E-state index contributed by atoms with van der Waals surface area (Å²) in [5.41, 5.74) is 1.89. The van der Waals surface area contributed by atoms with Crippen LogP contribution in [0.4, 0.5) is 4.79 Å². The average molecular weight is 339 g/mol. The van der Waals surface area contributed by atoms with Gasteiger partial charge in [-0.2, -0.15) is 0 Å². The van der Waals surface area contributed by atoms with Gasteiger partial charge in [0.1, 0.15) is 12.6 Å². The van der Waals surface area contributed by atoms with E-state index in [0.29, 0.717) is 12.8 Å². The number of benzene rings is 2. The molecule has 3 rings (SSSR count). The number of esters is 1. The van der Waals surface area contributed by atoms with Gasteiger partial charge in [0.05, 0.1) is 13.2 Å². The van der Waals surface area contributed by atoms with Gasteiger partial charge in [0.25, 0.3) is 0 Å². The summed E-state index contributed by atoms with van der Waals surface area (Å²) in [5.74, 6) is -0.407. The van der Waals surface area contributed by atoms with Crippen molar-refractivity contribution >= 4 is 12.1 Å². The van der Waals surface area contributed by atoms with Crippen molar-refractivity contribution < 1.29 is 19.1 Å². The van der Waals surface area contributed by atoms with E-state index in [2.05, 4.69) is 0 Å². The van der Waals surface area contributed by atoms with Crippen molar-refractivity contribution in [3.63, 3.8) is 0 Å². The molecule has 2 aromatic rings. The van der Waals surface area contributed by atoms with E-state index in [4.69, 9.17) is 9.47 Å². The van der Waals surface area contributed by atoms with E-state index < -0.39 is 18.1 Å². The van der Waals surface area contributed by atoms with Crippen LogP contribution in [0.2, 0.25) is 0 Å². The predicted octanol–water partition coefficient (Wildman–Crippen LogP) is 3.70. The number of hydrogen-bond acceptors (Lipinski definition) is 4. The van der Waals surface area contributed by atoms with Crippen LogP contribution in [0.3, 0.4) is 0 Å². The molecule has 1 amide bonds. The van der Waals surface area contributed by atoms with Gasteiger partial charge in [0.2, 0.25) is 0 Å². The second-order valence-electron chi connectivity index (χ2n) is 5.99. The minimum Gasteiger partial charge on any atom is -0.467 e. The number of rotatable bonds is 4. The lowest BCUT2D eigenvalue weighted by Crippen LogP contribution is -2.42. The Balaban J connectivity index is 1.78. The zero-order valence-corrected chi connectivity index (χ0v) is 14.1. The third kappa shape index (κ3) is 3.82. The van der Waals surface area contributed by atoms with Gasteiger partial charge in [0, 0.05) is 0 Å². The van der Waals surface area contributed by atoms with Gasteiger partial charge in [-0.15, -0.1) is 0 Å². The molecule has 1 aliphatic heterocycles. The highest BCUT2D eigenvalue weighted by Crippen LogP contribution is 2.37. The second-order valence-corrected chi connectivity index (χ2v) is 5.99. The van der Waals surface area contributed by atoms with Crippen molar-refractivity contribution in [2.45, 2.75) is 31.5 Å². The first kappa shape index (κ1) is 17.0. The molecule has 0 aliphatic carbocycles. The molecule has 0 unspecified atom stereocenters. The minimum atomic E-state index is -0.613. The minimum absolute atomic E-state index is 0.172. The summed E-state index contributed by atoms with van der Waals surface area (Å²) in [4.78, 5) is 26.4. The van der Waals surface area contributed by atoms with Crippen molar-refractivity contribution in [2.75, 3.05) is 7.11 Å². The third-order valence-electron chi connectivity index (χ3n) is 4.46. The Labute approximate surface area is 147 Å². The summed E-state index contributed by atoms with van der Waals surface area (Å²) in [7, 11) is 1.34. The van der Waals surface area contributed by atoms with E-state index in [0.717, 1.165) is 11.1 Å². The molecule has 5 heteroatoms. The number of carbonyl (C=O) groups excluding carboxylic acids is 2. The van der Waals surface area contributed by atoms with Crippen molar-refractivity contribution in [1.29, 1.82) is 0 Å². The van der Waals surface area contributed by atoms with Crippen molar-refractivity contribution in [3.8, 4) is 0 Å². The fourth-order valence-electron chi connectivity index (χ4n) is 3.23. The van der Waals surface area contributed by atoms with Gasteiger partial charge < -0.3 is 9.47 Å². The van der Waals surface area contributed by atoms with E-state index in [1.54, 1.807) is 0 Å². The maximum absolute atomic E-state index is 12.7. The Bertz CT molecular complexity index is 717. The zero-order chi connectivity index (χ0) is 17.6. The molecular formula is C20H21NO4. The van der Waals surface area contributed by atoms with E-state index in [9.17, 15) is 9.59 Å². The first-order valence-corrected chi connectivity index (χ1v) is 8.32. The summed E-state index contributed by atoms with van der Waals surface area (Å²) in [5, 5.41) is 0. The fraction of sp³-hybridized carbons (Fsp3) is 0.300. The normalized spacial score (nSPS) is 19.5. The quantitative estimate of drug-likeness (QED) is 0.797. The smallest absolute Gasteiger partial charge is 0.411 e. The highest BCUT2D eigenvalue weighted by atomic mass is 16.6. The van der Waals surface area contributed by atoms with Crippen LogP contribution in [0, 0.1) is 0 Å².